The number of carbonyl (C=O) groups excluding carboxylic acids is 1. The molecule has 1 amide bonds. The number of aliphatic hydroxyl groups is 11. The van der Waals surface area contributed by atoms with E-state index in [2.05, 4.69) is 79.9 Å². The number of nitrogens with one attached hydrogen (secondary N) is 1. The highest BCUT2D eigenvalue weighted by molar-refractivity contribution is 5.76. The number of ether oxygens (including phenoxy) is 6. The minimum atomic E-state index is -1.98. The predicted molar refractivity (Wildman–Crippen MR) is 438 cm³/mol. The molecule has 3 fully saturated rings. The first-order chi connectivity index (χ1) is 53.3. The number of amides is 1. The van der Waals surface area contributed by atoms with Crippen LogP contribution in [0.25, 0.3) is 0 Å². The topological polar surface area (TPSA) is 307 Å². The molecule has 12 N–H and O–H groups in total. The molecule has 17 unspecified atom stereocenters. The Kier molecular flexibility index (Phi) is 64.1. The number of allylic oxidation sites excluding steroid dienone is 11. The first-order valence-electron chi connectivity index (χ1n) is 44.7. The van der Waals surface area contributed by atoms with Crippen LogP contribution in [-0.2, 0) is 33.2 Å². The van der Waals surface area contributed by atoms with Crippen molar-refractivity contribution in [1.29, 1.82) is 0 Å². The molecule has 636 valence electrons. The highest BCUT2D eigenvalue weighted by Gasteiger charge is 2.54. The standard InChI is InChI=1S/C90H163NO18/c1-3-5-7-9-11-13-15-17-19-21-23-25-27-29-31-33-35-36-38-40-42-44-46-48-50-52-54-56-58-60-62-64-66-68-78(96)91-73(74(95)67-65-63-61-59-57-55-53-51-49-47-45-43-41-39-37-34-32-30-28-26-24-22-20-18-16-14-12-10-8-6-4-2)72-104-88-84(102)81(99)86(76(70-93)106-88)109-90-85(103)82(100)87(77(71-94)107-90)108-89-83(101)80(98)79(97)75(69-92)105-89/h5,7,11,13,17,19,23,25,57,59,65,67,73-77,79-90,92-95,97-103H,3-4,6,8-10,12,14-16,18,20-22,24,26-56,58,60-64,66,68-72H2,1-2H3,(H,91,96)/b7-5-,13-11-,19-17-,25-23-,59-57+,67-65+. The second kappa shape index (κ2) is 69.5. The second-order valence-electron chi connectivity index (χ2n) is 31.7. The molecular weight excluding hydrogens is 1380 g/mol. The van der Waals surface area contributed by atoms with Crippen molar-refractivity contribution in [2.45, 2.75) is 465 Å². The molecule has 0 aliphatic carbocycles. The van der Waals surface area contributed by atoms with Crippen LogP contribution >= 0.6 is 0 Å². The summed E-state index contributed by atoms with van der Waals surface area (Å²) in [5.41, 5.74) is 0. The SMILES string of the molecule is CC/C=C\C/C=C\C/C=C\C/C=C\CCCCCCCCCCCCCCCCCCCCCCC(=O)NC(COC1OC(CO)C(OC2OC(CO)C(OC3OC(CO)C(O)C(O)C3O)C(O)C2O)C(O)C1O)C(O)/C=C/CC/C=C/CCCCCCCCCCCCCCCCCCCCCCCCCCC. The van der Waals surface area contributed by atoms with Gasteiger partial charge in [-0.15, -0.1) is 0 Å². The lowest BCUT2D eigenvalue weighted by Crippen LogP contribution is -2.66. The van der Waals surface area contributed by atoms with Gasteiger partial charge >= 0.3 is 0 Å². The number of rotatable bonds is 72. The number of unbranched alkanes of at least 4 members (excludes halogenated alkanes) is 46. The van der Waals surface area contributed by atoms with Gasteiger partial charge in [0.1, 0.15) is 73.2 Å². The van der Waals surface area contributed by atoms with Crippen molar-refractivity contribution in [2.75, 3.05) is 26.4 Å². The minimum Gasteiger partial charge on any atom is -0.394 e. The number of aliphatic hydroxyl groups excluding tert-OH is 11. The van der Waals surface area contributed by atoms with Crippen molar-refractivity contribution >= 4 is 5.91 Å². The molecule has 17 atom stereocenters. The molecule has 0 aromatic rings. The molecule has 3 rings (SSSR count). The number of hydrogen-bond acceptors (Lipinski definition) is 18. The van der Waals surface area contributed by atoms with Gasteiger partial charge in [0, 0.05) is 6.42 Å². The van der Waals surface area contributed by atoms with Crippen molar-refractivity contribution in [1.82, 2.24) is 5.32 Å². The molecule has 0 bridgehead atoms. The van der Waals surface area contributed by atoms with Crippen LogP contribution in [0.4, 0.5) is 0 Å². The third kappa shape index (κ3) is 48.4. The molecule has 0 saturated carbocycles. The van der Waals surface area contributed by atoms with Gasteiger partial charge in [0.25, 0.3) is 0 Å². The molecule has 0 aromatic carbocycles. The smallest absolute Gasteiger partial charge is 0.220 e. The lowest BCUT2D eigenvalue weighted by molar-refractivity contribution is -0.379. The molecule has 109 heavy (non-hydrogen) atoms. The van der Waals surface area contributed by atoms with E-state index in [-0.39, 0.29) is 18.9 Å². The molecule has 19 nitrogen and oxygen atoms in total. The summed E-state index contributed by atoms with van der Waals surface area (Å²) in [5.74, 6) is -0.280. The Morgan fingerprint density at radius 1 is 0.339 bits per heavy atom. The maximum Gasteiger partial charge on any atom is 0.220 e. The van der Waals surface area contributed by atoms with Crippen LogP contribution in [0.5, 0.6) is 0 Å². The summed E-state index contributed by atoms with van der Waals surface area (Å²) in [5, 5.41) is 121. The van der Waals surface area contributed by atoms with Crippen LogP contribution in [0.15, 0.2) is 72.9 Å². The van der Waals surface area contributed by atoms with Crippen LogP contribution in [0.2, 0.25) is 0 Å². The Morgan fingerprint density at radius 3 is 1.03 bits per heavy atom. The van der Waals surface area contributed by atoms with E-state index in [0.717, 1.165) is 64.2 Å². The fraction of sp³-hybridized carbons (Fsp3) is 0.856. The van der Waals surface area contributed by atoms with Crippen molar-refractivity contribution in [2.24, 2.45) is 0 Å². The van der Waals surface area contributed by atoms with Crippen molar-refractivity contribution in [3.05, 3.63) is 72.9 Å². The van der Waals surface area contributed by atoms with E-state index in [9.17, 15) is 61.0 Å². The van der Waals surface area contributed by atoms with Crippen molar-refractivity contribution in [3.8, 4) is 0 Å². The Hall–Kier alpha value is -2.77. The number of hydrogen-bond donors (Lipinski definition) is 12. The number of carbonyl (C=O) groups is 1. The molecule has 3 aliphatic rings. The highest BCUT2D eigenvalue weighted by atomic mass is 16.8. The zero-order chi connectivity index (χ0) is 78.8. The fourth-order valence-electron chi connectivity index (χ4n) is 14.9. The van der Waals surface area contributed by atoms with Gasteiger partial charge < -0.3 is 89.9 Å². The maximum absolute atomic E-state index is 13.5. The Bertz CT molecular complexity index is 2250. The predicted octanol–water partition coefficient (Wildman–Crippen LogP) is 16.7. The van der Waals surface area contributed by atoms with Crippen molar-refractivity contribution < 1.29 is 89.4 Å². The van der Waals surface area contributed by atoms with Crippen LogP contribution in [-0.4, -0.2) is 193 Å². The molecule has 3 saturated heterocycles. The van der Waals surface area contributed by atoms with Gasteiger partial charge in [-0.25, -0.2) is 0 Å². The molecule has 19 heteroatoms. The maximum atomic E-state index is 13.5. The van der Waals surface area contributed by atoms with Gasteiger partial charge in [-0.1, -0.05) is 356 Å². The molecule has 0 aromatic heterocycles. The second-order valence-corrected chi connectivity index (χ2v) is 31.7. The molecule has 3 aliphatic heterocycles. The first-order valence-corrected chi connectivity index (χ1v) is 44.7. The van der Waals surface area contributed by atoms with E-state index in [1.807, 2.05) is 6.08 Å². The van der Waals surface area contributed by atoms with E-state index in [4.69, 9.17) is 28.4 Å². The summed E-state index contributed by atoms with van der Waals surface area (Å²) >= 11 is 0. The Morgan fingerprint density at radius 2 is 0.642 bits per heavy atom. The highest BCUT2D eigenvalue weighted by Crippen LogP contribution is 2.33. The molecule has 0 radical (unpaired) electrons. The third-order valence-electron chi connectivity index (χ3n) is 22.0. The normalized spacial score (nSPS) is 25.6. The summed E-state index contributed by atoms with van der Waals surface area (Å²) in [6, 6.07) is -0.994. The van der Waals surface area contributed by atoms with Crippen LogP contribution in [0.1, 0.15) is 361 Å². The summed E-state index contributed by atoms with van der Waals surface area (Å²) in [4.78, 5) is 13.5. The molecule has 3 heterocycles. The lowest BCUT2D eigenvalue weighted by Gasteiger charge is -2.48. The van der Waals surface area contributed by atoms with Crippen LogP contribution < -0.4 is 5.32 Å². The molecular formula is C90H163NO18. The summed E-state index contributed by atoms with van der Waals surface area (Å²) in [6.45, 7) is 1.66. The summed E-state index contributed by atoms with van der Waals surface area (Å²) in [6.07, 6.45) is 66.3. The summed E-state index contributed by atoms with van der Waals surface area (Å²) in [7, 11) is 0. The minimum absolute atomic E-state index is 0.236. The molecule has 0 spiro atoms. The van der Waals surface area contributed by atoms with Gasteiger partial charge in [0.15, 0.2) is 18.9 Å². The zero-order valence-electron chi connectivity index (χ0n) is 68.5. The first kappa shape index (κ1) is 100. The average Bonchev–Trinajstić information content (AvgIpc) is 0.782. The van der Waals surface area contributed by atoms with Gasteiger partial charge in [0.05, 0.1) is 38.6 Å². The lowest BCUT2D eigenvalue weighted by atomic mass is 9.96. The van der Waals surface area contributed by atoms with Crippen molar-refractivity contribution in [3.63, 3.8) is 0 Å². The van der Waals surface area contributed by atoms with Crippen LogP contribution in [0, 0.1) is 0 Å². The summed E-state index contributed by atoms with van der Waals surface area (Å²) < 4.78 is 34.5. The van der Waals surface area contributed by atoms with Gasteiger partial charge in [-0.2, -0.15) is 0 Å². The monoisotopic (exact) mass is 1550 g/mol. The third-order valence-corrected chi connectivity index (χ3v) is 22.0. The van der Waals surface area contributed by atoms with E-state index in [1.165, 1.54) is 263 Å². The van der Waals surface area contributed by atoms with E-state index in [1.54, 1.807) is 6.08 Å². The largest absolute Gasteiger partial charge is 0.394 e. The van der Waals surface area contributed by atoms with E-state index >= 15 is 0 Å². The zero-order valence-corrected chi connectivity index (χ0v) is 68.5. The van der Waals surface area contributed by atoms with E-state index in [0.29, 0.717) is 12.8 Å². The van der Waals surface area contributed by atoms with E-state index < -0.39 is 124 Å². The fourth-order valence-corrected chi connectivity index (χ4v) is 14.9. The van der Waals surface area contributed by atoms with Gasteiger partial charge in [-0.3, -0.25) is 4.79 Å². The van der Waals surface area contributed by atoms with Gasteiger partial charge in [0.2, 0.25) is 5.91 Å². The average molecular weight is 1550 g/mol. The van der Waals surface area contributed by atoms with Gasteiger partial charge in [-0.05, 0) is 70.6 Å². The Balaban J connectivity index is 1.34. The quantitative estimate of drug-likeness (QED) is 0.0199. The Labute approximate surface area is 661 Å². The van der Waals surface area contributed by atoms with Crippen LogP contribution in [0.3, 0.4) is 0 Å².